The molecule has 1 amide bonds. The fraction of sp³-hybridized carbons (Fsp3) is 0.474. The van der Waals surface area contributed by atoms with Crippen LogP contribution < -0.4 is 0 Å². The standard InChI is InChI=1S/C19H26N4O3S/c1-3-18-20-9-11-21(18)10-8-19(24)22-12-14-23(15-13-22)27(25,26)17-6-4-16(2)5-7-17/h4-7,9,11H,3,8,10,12-15H2,1-2H3. The van der Waals surface area contributed by atoms with Crippen molar-refractivity contribution in [2.75, 3.05) is 26.2 Å². The molecule has 2 heterocycles. The smallest absolute Gasteiger partial charge is 0.243 e. The van der Waals surface area contributed by atoms with Crippen LogP contribution in [0.15, 0.2) is 41.6 Å². The Labute approximate surface area is 160 Å². The van der Waals surface area contributed by atoms with Gasteiger partial charge in [-0.15, -0.1) is 0 Å². The van der Waals surface area contributed by atoms with E-state index in [1.807, 2.05) is 24.6 Å². The highest BCUT2D eigenvalue weighted by molar-refractivity contribution is 7.89. The molecule has 7 nitrogen and oxygen atoms in total. The van der Waals surface area contributed by atoms with Gasteiger partial charge in [-0.2, -0.15) is 4.31 Å². The molecule has 1 aliphatic rings. The molecule has 3 rings (SSSR count). The highest BCUT2D eigenvalue weighted by Crippen LogP contribution is 2.18. The quantitative estimate of drug-likeness (QED) is 0.752. The number of nitrogens with zero attached hydrogens (tertiary/aromatic N) is 4. The van der Waals surface area contributed by atoms with Crippen molar-refractivity contribution in [3.05, 3.63) is 48.0 Å². The van der Waals surface area contributed by atoms with E-state index in [2.05, 4.69) is 4.98 Å². The van der Waals surface area contributed by atoms with Gasteiger partial charge < -0.3 is 9.47 Å². The van der Waals surface area contributed by atoms with Gasteiger partial charge in [0.2, 0.25) is 15.9 Å². The van der Waals surface area contributed by atoms with Crippen LogP contribution in [0.1, 0.15) is 24.7 Å². The van der Waals surface area contributed by atoms with Crippen molar-refractivity contribution in [2.45, 2.75) is 38.1 Å². The minimum Gasteiger partial charge on any atom is -0.340 e. The molecule has 1 saturated heterocycles. The summed E-state index contributed by atoms with van der Waals surface area (Å²) in [4.78, 5) is 18.8. The zero-order valence-electron chi connectivity index (χ0n) is 15.8. The third-order valence-electron chi connectivity index (χ3n) is 4.93. The van der Waals surface area contributed by atoms with Crippen molar-refractivity contribution in [1.29, 1.82) is 0 Å². The first-order valence-corrected chi connectivity index (χ1v) is 10.7. The minimum atomic E-state index is -3.50. The molecule has 1 aromatic heterocycles. The average Bonchev–Trinajstić information content (AvgIpc) is 3.14. The summed E-state index contributed by atoms with van der Waals surface area (Å²) >= 11 is 0. The summed E-state index contributed by atoms with van der Waals surface area (Å²) in [6.07, 6.45) is 4.86. The predicted octanol–water partition coefficient (Wildman–Crippen LogP) is 1.68. The number of aryl methyl sites for hydroxylation is 3. The zero-order valence-corrected chi connectivity index (χ0v) is 16.7. The molecule has 27 heavy (non-hydrogen) atoms. The van der Waals surface area contributed by atoms with Crippen molar-refractivity contribution in [3.63, 3.8) is 0 Å². The average molecular weight is 391 g/mol. The number of piperazine rings is 1. The molecule has 1 aliphatic heterocycles. The molecule has 0 aliphatic carbocycles. The van der Waals surface area contributed by atoms with Crippen LogP contribution in [-0.2, 0) is 27.8 Å². The van der Waals surface area contributed by atoms with Gasteiger partial charge in [-0.05, 0) is 19.1 Å². The number of aromatic nitrogens is 2. The number of benzene rings is 1. The lowest BCUT2D eigenvalue weighted by atomic mass is 10.2. The van der Waals surface area contributed by atoms with Gasteiger partial charge in [-0.3, -0.25) is 4.79 Å². The maximum atomic E-state index is 12.7. The highest BCUT2D eigenvalue weighted by Gasteiger charge is 2.29. The fourth-order valence-corrected chi connectivity index (χ4v) is 4.69. The summed E-state index contributed by atoms with van der Waals surface area (Å²) in [5, 5.41) is 0. The minimum absolute atomic E-state index is 0.0538. The summed E-state index contributed by atoms with van der Waals surface area (Å²) in [7, 11) is -3.50. The van der Waals surface area contributed by atoms with Crippen LogP contribution in [-0.4, -0.2) is 59.3 Å². The van der Waals surface area contributed by atoms with Crippen LogP contribution in [0.4, 0.5) is 0 Å². The van der Waals surface area contributed by atoms with Crippen LogP contribution in [0.3, 0.4) is 0 Å². The van der Waals surface area contributed by atoms with E-state index in [-0.39, 0.29) is 5.91 Å². The van der Waals surface area contributed by atoms with Crippen molar-refractivity contribution < 1.29 is 13.2 Å². The molecule has 1 fully saturated rings. The van der Waals surface area contributed by atoms with Crippen LogP contribution in [0.2, 0.25) is 0 Å². The Kier molecular flexibility index (Phi) is 5.96. The Morgan fingerprint density at radius 1 is 1.11 bits per heavy atom. The lowest BCUT2D eigenvalue weighted by Crippen LogP contribution is -2.50. The molecule has 8 heteroatoms. The van der Waals surface area contributed by atoms with E-state index >= 15 is 0 Å². The Balaban J connectivity index is 1.55. The number of carbonyl (C=O) groups excluding carboxylic acids is 1. The molecule has 0 spiro atoms. The van der Waals surface area contributed by atoms with E-state index in [4.69, 9.17) is 0 Å². The van der Waals surface area contributed by atoms with E-state index in [0.717, 1.165) is 17.8 Å². The molecular weight excluding hydrogens is 364 g/mol. The summed E-state index contributed by atoms with van der Waals surface area (Å²) in [6.45, 7) is 6.07. The van der Waals surface area contributed by atoms with Gasteiger partial charge in [-0.25, -0.2) is 13.4 Å². The SMILES string of the molecule is CCc1nccn1CCC(=O)N1CCN(S(=O)(=O)c2ccc(C)cc2)CC1. The second-order valence-electron chi connectivity index (χ2n) is 6.74. The molecule has 0 bridgehead atoms. The van der Waals surface area contributed by atoms with Crippen LogP contribution in [0.5, 0.6) is 0 Å². The topological polar surface area (TPSA) is 75.5 Å². The Bertz CT molecular complexity index is 882. The molecular formula is C19H26N4O3S. The third kappa shape index (κ3) is 4.39. The first-order valence-electron chi connectivity index (χ1n) is 9.26. The van der Waals surface area contributed by atoms with Gasteiger partial charge in [0.05, 0.1) is 4.90 Å². The Morgan fingerprint density at radius 3 is 2.41 bits per heavy atom. The summed E-state index contributed by atoms with van der Waals surface area (Å²) < 4.78 is 28.9. The van der Waals surface area contributed by atoms with Crippen LogP contribution >= 0.6 is 0 Å². The second kappa shape index (κ2) is 8.22. The lowest BCUT2D eigenvalue weighted by molar-refractivity contribution is -0.132. The molecule has 0 unspecified atom stereocenters. The van der Waals surface area contributed by atoms with Gasteiger partial charge in [0, 0.05) is 58.0 Å². The summed E-state index contributed by atoms with van der Waals surface area (Å²) in [6, 6.07) is 6.87. The van der Waals surface area contributed by atoms with E-state index in [0.29, 0.717) is 44.0 Å². The number of hydrogen-bond donors (Lipinski definition) is 0. The van der Waals surface area contributed by atoms with Crippen molar-refractivity contribution in [1.82, 2.24) is 18.8 Å². The summed E-state index contributed by atoms with van der Waals surface area (Å²) in [5.41, 5.74) is 1.02. The monoisotopic (exact) mass is 390 g/mol. The molecule has 0 radical (unpaired) electrons. The van der Waals surface area contributed by atoms with Crippen molar-refractivity contribution >= 4 is 15.9 Å². The number of sulfonamides is 1. The molecule has 1 aromatic carbocycles. The van der Waals surface area contributed by atoms with E-state index in [9.17, 15) is 13.2 Å². The molecule has 0 N–H and O–H groups in total. The van der Waals surface area contributed by atoms with Crippen LogP contribution in [0.25, 0.3) is 0 Å². The van der Waals surface area contributed by atoms with E-state index < -0.39 is 10.0 Å². The van der Waals surface area contributed by atoms with E-state index in [1.165, 1.54) is 4.31 Å². The molecule has 0 atom stereocenters. The van der Waals surface area contributed by atoms with Gasteiger partial charge in [0.15, 0.2) is 0 Å². The zero-order chi connectivity index (χ0) is 19.4. The first-order chi connectivity index (χ1) is 12.9. The first kappa shape index (κ1) is 19.6. The number of hydrogen-bond acceptors (Lipinski definition) is 4. The molecule has 0 saturated carbocycles. The maximum absolute atomic E-state index is 12.7. The second-order valence-corrected chi connectivity index (χ2v) is 8.68. The lowest BCUT2D eigenvalue weighted by Gasteiger charge is -2.34. The van der Waals surface area contributed by atoms with Gasteiger partial charge in [0.1, 0.15) is 5.82 Å². The number of amides is 1. The predicted molar refractivity (Wildman–Crippen MR) is 103 cm³/mol. The maximum Gasteiger partial charge on any atom is 0.243 e. The Morgan fingerprint density at radius 2 is 1.78 bits per heavy atom. The van der Waals surface area contributed by atoms with Gasteiger partial charge in [-0.1, -0.05) is 24.6 Å². The van der Waals surface area contributed by atoms with Crippen molar-refractivity contribution in [2.24, 2.45) is 0 Å². The van der Waals surface area contributed by atoms with Crippen LogP contribution in [0, 0.1) is 6.92 Å². The number of rotatable bonds is 6. The highest BCUT2D eigenvalue weighted by atomic mass is 32.2. The Hall–Kier alpha value is -2.19. The number of imidazole rings is 1. The molecule has 2 aromatic rings. The third-order valence-corrected chi connectivity index (χ3v) is 6.85. The van der Waals surface area contributed by atoms with E-state index in [1.54, 1.807) is 35.4 Å². The van der Waals surface area contributed by atoms with Crippen molar-refractivity contribution in [3.8, 4) is 0 Å². The fourth-order valence-electron chi connectivity index (χ4n) is 3.27. The summed E-state index contributed by atoms with van der Waals surface area (Å²) in [5.74, 6) is 1.02. The molecule has 146 valence electrons. The number of carbonyl (C=O) groups is 1. The van der Waals surface area contributed by atoms with Gasteiger partial charge in [0.25, 0.3) is 0 Å². The largest absolute Gasteiger partial charge is 0.340 e. The van der Waals surface area contributed by atoms with Gasteiger partial charge >= 0.3 is 0 Å². The normalized spacial score (nSPS) is 15.9.